The third kappa shape index (κ3) is 1.43. The monoisotopic (exact) mass is 168 g/mol. The fraction of sp³-hybridized carbons (Fsp3) is 0.800. The number of hydrogen-bond donors (Lipinski definition) is 0. The van der Waals surface area contributed by atoms with Gasteiger partial charge in [-0.2, -0.15) is 0 Å². The zero-order valence-corrected chi connectivity index (χ0v) is 8.23. The first-order chi connectivity index (χ1) is 5.26. The van der Waals surface area contributed by atoms with Crippen molar-refractivity contribution >= 4 is 11.6 Å². The van der Waals surface area contributed by atoms with Crippen molar-refractivity contribution in [2.75, 3.05) is 0 Å². The summed E-state index contributed by atoms with van der Waals surface area (Å²) in [6.45, 7) is 7.42. The molecule has 0 radical (unpaired) electrons. The van der Waals surface area contributed by atoms with E-state index in [-0.39, 0.29) is 11.6 Å². The standard InChI is InChI=1S/C10H16O2/c1-9(2)5-7(11)6-10(3,4)8(9)12/h5-6H2,1-4H3. The van der Waals surface area contributed by atoms with Crippen LogP contribution < -0.4 is 0 Å². The molecule has 0 amide bonds. The summed E-state index contributed by atoms with van der Waals surface area (Å²) in [4.78, 5) is 23.0. The first-order valence-electron chi connectivity index (χ1n) is 4.32. The molecule has 12 heavy (non-hydrogen) atoms. The van der Waals surface area contributed by atoms with Gasteiger partial charge in [-0.05, 0) is 0 Å². The number of hydrogen-bond acceptors (Lipinski definition) is 2. The molecule has 0 aromatic rings. The van der Waals surface area contributed by atoms with Gasteiger partial charge in [-0.25, -0.2) is 0 Å². The van der Waals surface area contributed by atoms with E-state index in [0.717, 1.165) is 0 Å². The van der Waals surface area contributed by atoms with E-state index in [9.17, 15) is 9.59 Å². The lowest BCUT2D eigenvalue weighted by atomic mass is 9.64. The summed E-state index contributed by atoms with van der Waals surface area (Å²) < 4.78 is 0. The maximum Gasteiger partial charge on any atom is 0.144 e. The van der Waals surface area contributed by atoms with Crippen LogP contribution in [0.4, 0.5) is 0 Å². The zero-order valence-electron chi connectivity index (χ0n) is 8.23. The molecule has 0 N–H and O–H groups in total. The summed E-state index contributed by atoms with van der Waals surface area (Å²) in [6, 6.07) is 0. The van der Waals surface area contributed by atoms with E-state index in [1.165, 1.54) is 0 Å². The third-order valence-electron chi connectivity index (χ3n) is 2.51. The van der Waals surface area contributed by atoms with Gasteiger partial charge in [-0.3, -0.25) is 9.59 Å². The molecular formula is C10H16O2. The highest BCUT2D eigenvalue weighted by Crippen LogP contribution is 2.40. The molecule has 1 saturated carbocycles. The lowest BCUT2D eigenvalue weighted by Crippen LogP contribution is -2.44. The molecule has 0 saturated heterocycles. The van der Waals surface area contributed by atoms with Crippen molar-refractivity contribution < 1.29 is 9.59 Å². The molecule has 0 heterocycles. The predicted octanol–water partition coefficient (Wildman–Crippen LogP) is 1.97. The van der Waals surface area contributed by atoms with Crippen LogP contribution in [0.3, 0.4) is 0 Å². The first kappa shape index (κ1) is 9.43. The smallest absolute Gasteiger partial charge is 0.144 e. The van der Waals surface area contributed by atoms with Crippen molar-refractivity contribution in [3.8, 4) is 0 Å². The Morgan fingerprint density at radius 2 is 1.25 bits per heavy atom. The van der Waals surface area contributed by atoms with Gasteiger partial charge in [0.05, 0.1) is 0 Å². The van der Waals surface area contributed by atoms with Crippen LogP contribution in [0.1, 0.15) is 40.5 Å². The minimum absolute atomic E-state index is 0.213. The quantitative estimate of drug-likeness (QED) is 0.554. The molecule has 1 rings (SSSR count). The zero-order chi connectivity index (χ0) is 9.57. The summed E-state index contributed by atoms with van der Waals surface area (Å²) in [6.07, 6.45) is 0.824. The Morgan fingerprint density at radius 3 is 1.58 bits per heavy atom. The van der Waals surface area contributed by atoms with Crippen LogP contribution in [0.25, 0.3) is 0 Å². The molecule has 1 fully saturated rings. The molecule has 0 bridgehead atoms. The van der Waals surface area contributed by atoms with E-state index < -0.39 is 10.8 Å². The van der Waals surface area contributed by atoms with Gasteiger partial charge in [0.2, 0.25) is 0 Å². The topological polar surface area (TPSA) is 34.1 Å². The largest absolute Gasteiger partial charge is 0.300 e. The highest BCUT2D eigenvalue weighted by Gasteiger charge is 2.45. The summed E-state index contributed by atoms with van der Waals surface area (Å²) in [5.41, 5.74) is -0.891. The van der Waals surface area contributed by atoms with E-state index >= 15 is 0 Å². The molecule has 0 aromatic heterocycles. The van der Waals surface area contributed by atoms with Crippen molar-refractivity contribution in [2.24, 2.45) is 10.8 Å². The molecule has 0 unspecified atom stereocenters. The van der Waals surface area contributed by atoms with Crippen LogP contribution in [-0.2, 0) is 9.59 Å². The molecule has 2 nitrogen and oxygen atoms in total. The van der Waals surface area contributed by atoms with Gasteiger partial charge in [0.25, 0.3) is 0 Å². The van der Waals surface area contributed by atoms with Gasteiger partial charge in [-0.15, -0.1) is 0 Å². The van der Waals surface area contributed by atoms with Crippen molar-refractivity contribution in [3.63, 3.8) is 0 Å². The molecule has 68 valence electrons. The van der Waals surface area contributed by atoms with Crippen molar-refractivity contribution in [1.82, 2.24) is 0 Å². The Kier molecular flexibility index (Phi) is 1.89. The SMILES string of the molecule is CC1(C)CC(=O)CC(C)(C)C1=O. The van der Waals surface area contributed by atoms with Gasteiger partial charge in [0.15, 0.2) is 0 Å². The maximum absolute atomic E-state index is 11.8. The van der Waals surface area contributed by atoms with E-state index in [1.807, 2.05) is 27.7 Å². The van der Waals surface area contributed by atoms with Gasteiger partial charge in [0.1, 0.15) is 11.6 Å². The molecule has 1 aliphatic rings. The van der Waals surface area contributed by atoms with Crippen LogP contribution in [-0.4, -0.2) is 11.6 Å². The number of Topliss-reactive ketones (excluding diaryl/α,β-unsaturated/α-hetero) is 2. The van der Waals surface area contributed by atoms with Gasteiger partial charge in [0, 0.05) is 23.7 Å². The average molecular weight is 168 g/mol. The Morgan fingerprint density at radius 1 is 0.917 bits per heavy atom. The number of carbonyl (C=O) groups is 2. The van der Waals surface area contributed by atoms with Crippen LogP contribution in [0.5, 0.6) is 0 Å². The molecule has 1 aliphatic carbocycles. The first-order valence-corrected chi connectivity index (χ1v) is 4.32. The number of ketones is 2. The van der Waals surface area contributed by atoms with Crippen molar-refractivity contribution in [3.05, 3.63) is 0 Å². The van der Waals surface area contributed by atoms with Crippen molar-refractivity contribution in [2.45, 2.75) is 40.5 Å². The van der Waals surface area contributed by atoms with Gasteiger partial charge >= 0.3 is 0 Å². The lowest BCUT2D eigenvalue weighted by Gasteiger charge is -2.37. The van der Waals surface area contributed by atoms with Crippen LogP contribution in [0, 0.1) is 10.8 Å². The Hall–Kier alpha value is -0.660. The lowest BCUT2D eigenvalue weighted by molar-refractivity contribution is -0.147. The van der Waals surface area contributed by atoms with Crippen LogP contribution in [0.15, 0.2) is 0 Å². The summed E-state index contributed by atoms with van der Waals surface area (Å²) in [5.74, 6) is 0.430. The molecule has 0 atom stereocenters. The minimum atomic E-state index is -0.446. The molecule has 2 heteroatoms. The average Bonchev–Trinajstić information content (AvgIpc) is 1.80. The van der Waals surface area contributed by atoms with Crippen molar-refractivity contribution in [1.29, 1.82) is 0 Å². The summed E-state index contributed by atoms with van der Waals surface area (Å²) >= 11 is 0. The Balaban J connectivity index is 2.99. The second kappa shape index (κ2) is 2.41. The Bertz CT molecular complexity index is 214. The van der Waals surface area contributed by atoms with E-state index in [4.69, 9.17) is 0 Å². The van der Waals surface area contributed by atoms with Gasteiger partial charge < -0.3 is 0 Å². The fourth-order valence-electron chi connectivity index (χ4n) is 2.12. The van der Waals surface area contributed by atoms with Crippen LogP contribution in [0.2, 0.25) is 0 Å². The van der Waals surface area contributed by atoms with E-state index in [2.05, 4.69) is 0 Å². The summed E-state index contributed by atoms with van der Waals surface area (Å²) in [5, 5.41) is 0. The molecular weight excluding hydrogens is 152 g/mol. The molecule has 0 aliphatic heterocycles. The molecule has 0 aromatic carbocycles. The third-order valence-corrected chi connectivity index (χ3v) is 2.51. The van der Waals surface area contributed by atoms with Gasteiger partial charge in [-0.1, -0.05) is 27.7 Å². The minimum Gasteiger partial charge on any atom is -0.300 e. The Labute approximate surface area is 73.3 Å². The normalized spacial score (nSPS) is 27.3. The van der Waals surface area contributed by atoms with E-state index in [1.54, 1.807) is 0 Å². The van der Waals surface area contributed by atoms with E-state index in [0.29, 0.717) is 12.8 Å². The maximum atomic E-state index is 11.8. The number of rotatable bonds is 0. The second-order valence-electron chi connectivity index (χ2n) is 4.99. The number of carbonyl (C=O) groups excluding carboxylic acids is 2. The highest BCUT2D eigenvalue weighted by molar-refractivity contribution is 6.00. The van der Waals surface area contributed by atoms with Crippen LogP contribution >= 0.6 is 0 Å². The predicted molar refractivity (Wildman–Crippen MR) is 46.8 cm³/mol. The molecule has 0 spiro atoms. The highest BCUT2D eigenvalue weighted by atomic mass is 16.1. The fourth-order valence-corrected chi connectivity index (χ4v) is 2.12. The summed E-state index contributed by atoms with van der Waals surface area (Å²) in [7, 11) is 0. The second-order valence-corrected chi connectivity index (χ2v) is 4.99.